The maximum Gasteiger partial charge on any atom is 0.339 e. The van der Waals surface area contributed by atoms with Crippen molar-refractivity contribution in [3.63, 3.8) is 0 Å². The number of phenols is 1. The van der Waals surface area contributed by atoms with E-state index in [0.717, 1.165) is 0 Å². The minimum Gasteiger partial charge on any atom is -0.507 e. The van der Waals surface area contributed by atoms with Crippen LogP contribution in [0.25, 0.3) is 0 Å². The van der Waals surface area contributed by atoms with Gasteiger partial charge in [-0.15, -0.1) is 0 Å². The van der Waals surface area contributed by atoms with Crippen LogP contribution in [-0.2, 0) is 4.74 Å². The van der Waals surface area contributed by atoms with Gasteiger partial charge in [0.15, 0.2) is 5.78 Å². The smallest absolute Gasteiger partial charge is 0.339 e. The SMILES string of the molecule is C=CCOC(=O)c1ccccc1C(=O)c1ccc(OCC=C)cc1O. The predicted octanol–water partition coefficient (Wildman–Crippen LogP) is 3.53. The molecule has 0 radical (unpaired) electrons. The number of ether oxygens (including phenoxy) is 2. The number of rotatable bonds is 8. The number of benzene rings is 2. The fourth-order valence-electron chi connectivity index (χ4n) is 2.16. The van der Waals surface area contributed by atoms with Gasteiger partial charge in [-0.2, -0.15) is 0 Å². The molecule has 0 spiro atoms. The average molecular weight is 338 g/mol. The summed E-state index contributed by atoms with van der Waals surface area (Å²) >= 11 is 0. The Morgan fingerprint density at radius 3 is 2.28 bits per heavy atom. The van der Waals surface area contributed by atoms with Gasteiger partial charge in [0, 0.05) is 11.6 Å². The van der Waals surface area contributed by atoms with Gasteiger partial charge in [0.25, 0.3) is 0 Å². The van der Waals surface area contributed by atoms with Crippen LogP contribution < -0.4 is 4.74 Å². The third-order valence-corrected chi connectivity index (χ3v) is 3.31. The van der Waals surface area contributed by atoms with Crippen LogP contribution in [0.4, 0.5) is 0 Å². The van der Waals surface area contributed by atoms with Gasteiger partial charge >= 0.3 is 5.97 Å². The molecular formula is C20H18O5. The zero-order valence-corrected chi connectivity index (χ0v) is 13.6. The molecule has 0 aliphatic carbocycles. The molecule has 0 heterocycles. The topological polar surface area (TPSA) is 72.8 Å². The number of hydrogen-bond donors (Lipinski definition) is 1. The Hall–Kier alpha value is -3.34. The van der Waals surface area contributed by atoms with Crippen molar-refractivity contribution in [2.24, 2.45) is 0 Å². The van der Waals surface area contributed by atoms with Gasteiger partial charge < -0.3 is 14.6 Å². The number of aromatic hydroxyl groups is 1. The van der Waals surface area contributed by atoms with Crippen molar-refractivity contribution in [3.8, 4) is 11.5 Å². The van der Waals surface area contributed by atoms with Crippen molar-refractivity contribution in [1.82, 2.24) is 0 Å². The van der Waals surface area contributed by atoms with Gasteiger partial charge in [-0.05, 0) is 18.2 Å². The Morgan fingerprint density at radius 1 is 0.960 bits per heavy atom. The van der Waals surface area contributed by atoms with E-state index in [0.29, 0.717) is 5.75 Å². The lowest BCUT2D eigenvalue weighted by atomic mass is 9.97. The van der Waals surface area contributed by atoms with E-state index in [1.54, 1.807) is 24.3 Å². The molecule has 0 aliphatic heterocycles. The average Bonchev–Trinajstić information content (AvgIpc) is 2.64. The molecule has 0 aromatic heterocycles. The van der Waals surface area contributed by atoms with Gasteiger partial charge in [-0.25, -0.2) is 4.79 Å². The lowest BCUT2D eigenvalue weighted by Crippen LogP contribution is -2.13. The monoisotopic (exact) mass is 338 g/mol. The second-order valence-corrected chi connectivity index (χ2v) is 5.04. The summed E-state index contributed by atoms with van der Waals surface area (Å²) in [5.74, 6) is -0.943. The lowest BCUT2D eigenvalue weighted by molar-refractivity contribution is 0.0546. The van der Waals surface area contributed by atoms with Gasteiger partial charge in [0.05, 0.1) is 11.1 Å². The van der Waals surface area contributed by atoms with Crippen molar-refractivity contribution in [1.29, 1.82) is 0 Å². The van der Waals surface area contributed by atoms with E-state index < -0.39 is 11.8 Å². The zero-order chi connectivity index (χ0) is 18.2. The van der Waals surface area contributed by atoms with Crippen LogP contribution in [0, 0.1) is 0 Å². The Kier molecular flexibility index (Phi) is 6.12. The molecule has 0 unspecified atom stereocenters. The van der Waals surface area contributed by atoms with Gasteiger partial charge in [0.1, 0.15) is 24.7 Å². The molecule has 5 heteroatoms. The third kappa shape index (κ3) is 4.35. The highest BCUT2D eigenvalue weighted by molar-refractivity contribution is 6.15. The predicted molar refractivity (Wildman–Crippen MR) is 94.2 cm³/mol. The van der Waals surface area contributed by atoms with E-state index in [2.05, 4.69) is 13.2 Å². The van der Waals surface area contributed by atoms with Crippen LogP contribution in [0.3, 0.4) is 0 Å². The van der Waals surface area contributed by atoms with Crippen LogP contribution in [0.5, 0.6) is 11.5 Å². The van der Waals surface area contributed by atoms with E-state index in [1.807, 2.05) is 0 Å². The fourth-order valence-corrected chi connectivity index (χ4v) is 2.16. The number of carbonyl (C=O) groups excluding carboxylic acids is 2. The quantitative estimate of drug-likeness (QED) is 0.453. The number of carbonyl (C=O) groups is 2. The molecule has 2 aromatic carbocycles. The first-order valence-corrected chi connectivity index (χ1v) is 7.57. The standard InChI is InChI=1S/C20H18O5/c1-3-11-24-14-9-10-17(18(21)13-14)19(22)15-7-5-6-8-16(15)20(23)25-12-4-2/h3-10,13,21H,1-2,11-12H2. The molecule has 0 bridgehead atoms. The Balaban J connectivity index is 2.33. The molecule has 2 rings (SSSR count). The molecule has 0 atom stereocenters. The van der Waals surface area contributed by atoms with Crippen LogP contribution in [-0.4, -0.2) is 30.1 Å². The van der Waals surface area contributed by atoms with Crippen LogP contribution in [0.15, 0.2) is 67.8 Å². The molecule has 128 valence electrons. The summed E-state index contributed by atoms with van der Waals surface area (Å²) in [6.45, 7) is 7.34. The maximum atomic E-state index is 12.7. The molecular weight excluding hydrogens is 320 g/mol. The van der Waals surface area contributed by atoms with Crippen molar-refractivity contribution in [2.45, 2.75) is 0 Å². The first-order valence-electron chi connectivity index (χ1n) is 7.57. The summed E-state index contributed by atoms with van der Waals surface area (Å²) in [5.41, 5.74) is 0.335. The molecule has 25 heavy (non-hydrogen) atoms. The second kappa shape index (κ2) is 8.49. The molecule has 0 saturated carbocycles. The Morgan fingerprint density at radius 2 is 1.64 bits per heavy atom. The summed E-state index contributed by atoms with van der Waals surface area (Å²) in [4.78, 5) is 24.8. The zero-order valence-electron chi connectivity index (χ0n) is 13.6. The summed E-state index contributed by atoms with van der Waals surface area (Å²) in [7, 11) is 0. The van der Waals surface area contributed by atoms with E-state index in [1.165, 1.54) is 30.3 Å². The molecule has 1 N–H and O–H groups in total. The number of esters is 1. The van der Waals surface area contributed by atoms with Crippen molar-refractivity contribution in [2.75, 3.05) is 13.2 Å². The summed E-state index contributed by atoms with van der Waals surface area (Å²) in [5, 5.41) is 10.1. The number of phenolic OH excluding ortho intramolecular Hbond substituents is 1. The van der Waals surface area contributed by atoms with Crippen LogP contribution in [0.1, 0.15) is 26.3 Å². The van der Waals surface area contributed by atoms with Crippen LogP contribution in [0.2, 0.25) is 0 Å². The van der Waals surface area contributed by atoms with E-state index in [9.17, 15) is 14.7 Å². The van der Waals surface area contributed by atoms with Crippen LogP contribution >= 0.6 is 0 Å². The third-order valence-electron chi connectivity index (χ3n) is 3.31. The number of ketones is 1. The van der Waals surface area contributed by atoms with Gasteiger partial charge in [0.2, 0.25) is 0 Å². The molecule has 0 aliphatic rings. The largest absolute Gasteiger partial charge is 0.507 e. The van der Waals surface area contributed by atoms with E-state index in [-0.39, 0.29) is 35.7 Å². The molecule has 0 saturated heterocycles. The maximum absolute atomic E-state index is 12.7. The molecule has 0 fully saturated rings. The van der Waals surface area contributed by atoms with E-state index in [4.69, 9.17) is 9.47 Å². The molecule has 0 amide bonds. The number of hydrogen-bond acceptors (Lipinski definition) is 5. The van der Waals surface area contributed by atoms with Crippen molar-refractivity contribution < 1.29 is 24.2 Å². The highest BCUT2D eigenvalue weighted by Gasteiger charge is 2.21. The van der Waals surface area contributed by atoms with Gasteiger partial charge in [-0.3, -0.25) is 4.79 Å². The highest BCUT2D eigenvalue weighted by Crippen LogP contribution is 2.27. The molecule has 2 aromatic rings. The van der Waals surface area contributed by atoms with E-state index >= 15 is 0 Å². The summed E-state index contributed by atoms with van der Waals surface area (Å²) in [6.07, 6.45) is 3.01. The Bertz CT molecular complexity index is 807. The Labute approximate surface area is 145 Å². The summed E-state index contributed by atoms with van der Waals surface area (Å²) in [6, 6.07) is 10.6. The fraction of sp³-hybridized carbons (Fsp3) is 0.100. The minimum absolute atomic E-state index is 0.0436. The molecule has 5 nitrogen and oxygen atoms in total. The minimum atomic E-state index is -0.630. The summed E-state index contributed by atoms with van der Waals surface area (Å²) < 4.78 is 10.3. The van der Waals surface area contributed by atoms with Gasteiger partial charge in [-0.1, -0.05) is 43.5 Å². The normalized spacial score (nSPS) is 9.92. The first kappa shape index (κ1) is 18.0. The second-order valence-electron chi connectivity index (χ2n) is 5.04. The van der Waals surface area contributed by atoms with Crippen molar-refractivity contribution >= 4 is 11.8 Å². The van der Waals surface area contributed by atoms with Crippen molar-refractivity contribution in [3.05, 3.63) is 84.5 Å². The first-order chi connectivity index (χ1) is 12.1. The highest BCUT2D eigenvalue weighted by atomic mass is 16.5. The lowest BCUT2D eigenvalue weighted by Gasteiger charge is -2.10.